The third-order valence-corrected chi connectivity index (χ3v) is 28.1. The zero-order valence-corrected chi connectivity index (χ0v) is 77.2. The molecule has 29 rings (SSSR count). The maximum absolute atomic E-state index is 6.10. The molecule has 0 bridgehead atoms. The van der Waals surface area contributed by atoms with Crippen molar-refractivity contribution in [3.8, 4) is 125 Å². The highest BCUT2D eigenvalue weighted by Crippen LogP contribution is 2.46. The van der Waals surface area contributed by atoms with Crippen molar-refractivity contribution in [3.63, 3.8) is 0 Å². The van der Waals surface area contributed by atoms with E-state index in [1.807, 2.05) is 78.9 Å². The van der Waals surface area contributed by atoms with E-state index in [2.05, 4.69) is 413 Å². The van der Waals surface area contributed by atoms with Crippen molar-refractivity contribution >= 4 is 162 Å². The van der Waals surface area contributed by atoms with Crippen molar-refractivity contribution in [1.29, 1.82) is 0 Å². The maximum atomic E-state index is 6.10. The molecule has 4 heterocycles. The lowest BCUT2D eigenvalue weighted by Crippen LogP contribution is -2.01. The smallest absolute Gasteiger partial charge is 0.164 e. The highest BCUT2D eigenvalue weighted by atomic mass is 16.3. The van der Waals surface area contributed by atoms with Crippen LogP contribution >= 0.6 is 0 Å². The molecule has 0 unspecified atom stereocenters. The van der Waals surface area contributed by atoms with Crippen LogP contribution < -0.4 is 0 Å². The van der Waals surface area contributed by atoms with Crippen LogP contribution in [0.1, 0.15) is 0 Å². The number of fused-ring (bicyclic) bond motifs is 22. The molecule has 10 heteroatoms. The molecule has 0 saturated heterocycles. The topological polar surface area (TPSA) is 129 Å². The van der Waals surface area contributed by atoms with Crippen LogP contribution in [0.5, 0.6) is 0 Å². The Balaban J connectivity index is 0.000000107. The van der Waals surface area contributed by atoms with Gasteiger partial charge in [-0.3, -0.25) is 0 Å². The second kappa shape index (κ2) is 35.1. The molecule has 4 aromatic heterocycles. The lowest BCUT2D eigenvalue weighted by molar-refractivity contribution is 0.669. The van der Waals surface area contributed by atoms with Gasteiger partial charge >= 0.3 is 0 Å². The predicted octanol–water partition coefficient (Wildman–Crippen LogP) is 34.8. The monoisotopic (exact) mass is 1820 g/mol. The molecule has 0 aliphatic carbocycles. The molecule has 0 atom stereocenters. The van der Waals surface area contributed by atoms with Gasteiger partial charge in [0.2, 0.25) is 0 Å². The summed E-state index contributed by atoms with van der Waals surface area (Å²) in [6.07, 6.45) is 0. The van der Waals surface area contributed by atoms with E-state index < -0.39 is 0 Å². The van der Waals surface area contributed by atoms with Gasteiger partial charge in [0.15, 0.2) is 52.4 Å². The van der Waals surface area contributed by atoms with Crippen LogP contribution in [-0.2, 0) is 0 Å². The van der Waals surface area contributed by atoms with Crippen molar-refractivity contribution in [3.05, 3.63) is 491 Å². The Morgan fingerprint density at radius 2 is 0.385 bits per heavy atom. The summed E-state index contributed by atoms with van der Waals surface area (Å²) in [6, 6.07) is 173. The summed E-state index contributed by atoms with van der Waals surface area (Å²) >= 11 is 0. The van der Waals surface area contributed by atoms with Gasteiger partial charge < -0.3 is 4.42 Å². The van der Waals surface area contributed by atoms with Crippen LogP contribution in [0.25, 0.3) is 287 Å². The number of nitrogens with zero attached hydrogens (tertiary/aromatic N) is 9. The largest absolute Gasteiger partial charge is 0.456 e. The summed E-state index contributed by atoms with van der Waals surface area (Å²) in [5, 5.41) is 33.6. The van der Waals surface area contributed by atoms with Crippen LogP contribution in [0, 0.1) is 0 Å². The fourth-order valence-corrected chi connectivity index (χ4v) is 21.1. The number of benzene rings is 25. The van der Waals surface area contributed by atoms with Crippen molar-refractivity contribution < 1.29 is 4.42 Å². The van der Waals surface area contributed by atoms with Crippen LogP contribution in [0.3, 0.4) is 0 Å². The van der Waals surface area contributed by atoms with E-state index in [1.165, 1.54) is 119 Å². The van der Waals surface area contributed by atoms with Crippen molar-refractivity contribution in [2.24, 2.45) is 0 Å². The van der Waals surface area contributed by atoms with E-state index in [9.17, 15) is 0 Å². The highest BCUT2D eigenvalue weighted by molar-refractivity contribution is 6.25. The van der Waals surface area contributed by atoms with Gasteiger partial charge in [0.25, 0.3) is 0 Å². The molecular weight excluding hydrogens is 1740 g/mol. The van der Waals surface area contributed by atoms with Gasteiger partial charge in [-0.2, -0.15) is 0 Å². The van der Waals surface area contributed by atoms with Gasteiger partial charge in [-0.15, -0.1) is 0 Å². The van der Waals surface area contributed by atoms with Crippen LogP contribution in [0.15, 0.2) is 496 Å². The standard InChI is InChI=1S/2C47H29N3.C39H23N3O/c1-3-11-36-28-38(22-16-30(36)8-1)46-48-45(49-47(50-46)39-23-17-31-9-2-4-12-37(31)29-39)35-20-18-33(19-21-35)41-15-7-13-34-25-26-42-40-14-6-5-10-32(40)24-27-43(42)44(34)41;1-2-13-33(14-3-1)45-48-46(35-22-21-30-11-4-5-15-34(30)29-35)50-47(49-45)43-28-27-40(37-18-8-9-19-38(37)43)41-20-10-16-32-24-25-39-36-17-7-6-12-31(36)23-26-42(39)44(32)41;1-2-10-26(11-3-1)37-40-38(27-19-22-35-33(23-27)30-14-6-7-16-34(30)43-35)42-39(41-37)32-15-8-12-25-18-20-29-28-13-5-4-9-24(28)17-21-31(29)36(25)32/h2*1-29H;1-23H. The number of furan rings is 1. The molecule has 0 N–H and O–H groups in total. The first-order valence-corrected chi connectivity index (χ1v) is 48.3. The number of para-hydroxylation sites is 1. The maximum Gasteiger partial charge on any atom is 0.164 e. The number of rotatable bonds is 11. The SMILES string of the molecule is c1ccc(-c2nc(-c3ccc4ccccc4c3)nc(-c3ccc(-c4cccc5ccc6c7ccccc7ccc6c45)c4ccccc34)n2)cc1.c1ccc(-c2nc(-c3ccc4oc5ccccc5c4c3)nc(-c3cccc4ccc5c6ccccc6ccc5c34)n2)cc1.c1ccc2cc(-c3nc(-c4ccc(-c5cccc6ccc7c8ccccc8ccc7c56)cc4)nc(-c4ccc5ccccc5c4)n3)ccc2c1. The summed E-state index contributed by atoms with van der Waals surface area (Å²) in [4.78, 5) is 45.7. The molecule has 10 nitrogen and oxygen atoms in total. The van der Waals surface area contributed by atoms with Gasteiger partial charge in [0.1, 0.15) is 11.2 Å². The Kier molecular flexibility index (Phi) is 20.4. The molecule has 0 radical (unpaired) electrons. The summed E-state index contributed by atoms with van der Waals surface area (Å²) in [5.41, 5.74) is 15.0. The molecule has 143 heavy (non-hydrogen) atoms. The molecule has 0 saturated carbocycles. The Labute approximate surface area is 821 Å². The summed E-state index contributed by atoms with van der Waals surface area (Å²) in [6.45, 7) is 0. The van der Waals surface area contributed by atoms with E-state index >= 15 is 0 Å². The van der Waals surface area contributed by atoms with Gasteiger partial charge in [-0.1, -0.05) is 443 Å². The van der Waals surface area contributed by atoms with Crippen LogP contribution in [0.4, 0.5) is 0 Å². The first-order chi connectivity index (χ1) is 70.8. The average Bonchev–Trinajstić information content (AvgIpc) is 1.09. The van der Waals surface area contributed by atoms with Gasteiger partial charge in [-0.05, 0) is 205 Å². The highest BCUT2D eigenvalue weighted by Gasteiger charge is 2.24. The average molecular weight is 1820 g/mol. The molecule has 29 aromatic rings. The Bertz CT molecular complexity index is 10100. The van der Waals surface area contributed by atoms with Crippen molar-refractivity contribution in [2.45, 2.75) is 0 Å². The minimum atomic E-state index is 0.624. The summed E-state index contributed by atoms with van der Waals surface area (Å²) in [5.74, 6) is 5.82. The van der Waals surface area contributed by atoms with Crippen LogP contribution in [0.2, 0.25) is 0 Å². The molecule has 0 aliphatic rings. The Morgan fingerprint density at radius 1 is 0.112 bits per heavy atom. The normalized spacial score (nSPS) is 11.6. The first kappa shape index (κ1) is 83.1. The molecule has 0 fully saturated rings. The summed E-state index contributed by atoms with van der Waals surface area (Å²) < 4.78 is 6.10. The van der Waals surface area contributed by atoms with E-state index in [0.717, 1.165) is 115 Å². The Morgan fingerprint density at radius 3 is 0.839 bits per heavy atom. The van der Waals surface area contributed by atoms with Gasteiger partial charge in [0.05, 0.1) is 0 Å². The number of hydrogen-bond acceptors (Lipinski definition) is 10. The lowest BCUT2D eigenvalue weighted by atomic mass is 9.89. The molecular formula is C133H81N9O. The minimum Gasteiger partial charge on any atom is -0.456 e. The molecule has 25 aromatic carbocycles. The Hall–Kier alpha value is -19.3. The molecule has 0 spiro atoms. The van der Waals surface area contributed by atoms with E-state index in [0.29, 0.717) is 52.4 Å². The zero-order chi connectivity index (χ0) is 94.4. The second-order valence-electron chi connectivity index (χ2n) is 36.5. The number of aromatic nitrogens is 9. The van der Waals surface area contributed by atoms with Gasteiger partial charge in [-0.25, -0.2) is 44.9 Å². The van der Waals surface area contributed by atoms with Crippen molar-refractivity contribution in [1.82, 2.24) is 44.9 Å². The number of hydrogen-bond donors (Lipinski definition) is 0. The third-order valence-electron chi connectivity index (χ3n) is 28.1. The quantitative estimate of drug-likeness (QED) is 0.115. The van der Waals surface area contributed by atoms with Crippen LogP contribution in [-0.4, -0.2) is 44.9 Å². The summed E-state index contributed by atoms with van der Waals surface area (Å²) in [7, 11) is 0. The van der Waals surface area contributed by atoms with Crippen molar-refractivity contribution in [2.75, 3.05) is 0 Å². The fourth-order valence-electron chi connectivity index (χ4n) is 21.1. The molecule has 0 amide bonds. The first-order valence-electron chi connectivity index (χ1n) is 48.3. The van der Waals surface area contributed by atoms with Gasteiger partial charge in [0, 0.05) is 66.2 Å². The van der Waals surface area contributed by atoms with E-state index in [4.69, 9.17) is 49.3 Å². The lowest BCUT2D eigenvalue weighted by Gasteiger charge is -2.16. The predicted molar refractivity (Wildman–Crippen MR) is 594 cm³/mol. The van der Waals surface area contributed by atoms with E-state index in [-0.39, 0.29) is 0 Å². The molecule has 0 aliphatic heterocycles. The minimum absolute atomic E-state index is 0.624. The third kappa shape index (κ3) is 15.1. The second-order valence-corrected chi connectivity index (χ2v) is 36.5. The van der Waals surface area contributed by atoms with E-state index in [1.54, 1.807) is 0 Å². The molecule has 664 valence electrons. The fraction of sp³-hybridized carbons (Fsp3) is 0. The zero-order valence-electron chi connectivity index (χ0n) is 77.2.